The Morgan fingerprint density at radius 2 is 1.63 bits per heavy atom. The Bertz CT molecular complexity index is 1550. The molecule has 1 aliphatic rings. The first-order valence-electron chi connectivity index (χ1n) is 11.7. The van der Waals surface area contributed by atoms with Crippen LogP contribution in [0.25, 0.3) is 16.8 Å². The summed E-state index contributed by atoms with van der Waals surface area (Å²) in [6, 6.07) is 27.0. The Morgan fingerprint density at radius 1 is 0.974 bits per heavy atom. The van der Waals surface area contributed by atoms with Gasteiger partial charge in [-0.25, -0.2) is 4.99 Å². The van der Waals surface area contributed by atoms with E-state index in [2.05, 4.69) is 22.4 Å². The summed E-state index contributed by atoms with van der Waals surface area (Å²) in [5, 5.41) is 16.1. The number of carboxylic acid groups (broad SMARTS) is 1. The van der Waals surface area contributed by atoms with E-state index in [1.54, 1.807) is 24.3 Å². The Balaban J connectivity index is 0.00000336. The molecule has 0 aromatic heterocycles. The van der Waals surface area contributed by atoms with Crippen molar-refractivity contribution in [3.8, 4) is 5.75 Å². The quantitative estimate of drug-likeness (QED) is 0.291. The molecule has 38 heavy (non-hydrogen) atoms. The Labute approximate surface area is 247 Å². The first-order valence-corrected chi connectivity index (χ1v) is 12.5. The van der Waals surface area contributed by atoms with Gasteiger partial charge >= 0.3 is 29.6 Å². The molecule has 0 unspecified atom stereocenters. The number of thioether (sulfide) groups is 1. The first kappa shape index (κ1) is 27.7. The molecule has 0 radical (unpaired) electrons. The maximum Gasteiger partial charge on any atom is 1.00 e. The predicted octanol–water partition coefficient (Wildman–Crippen LogP) is 1.92. The molecule has 0 saturated carbocycles. The average Bonchev–Trinajstić information content (AvgIpc) is 3.22. The van der Waals surface area contributed by atoms with Crippen molar-refractivity contribution in [2.45, 2.75) is 20.0 Å². The topological polar surface area (TPSA) is 90.8 Å². The Morgan fingerprint density at radius 3 is 2.32 bits per heavy atom. The van der Waals surface area contributed by atoms with Crippen LogP contribution in [0, 0.1) is 6.92 Å². The average molecular weight is 531 g/mol. The summed E-state index contributed by atoms with van der Waals surface area (Å²) >= 11 is 1.24. The number of benzene rings is 4. The first-order chi connectivity index (χ1) is 17.9. The van der Waals surface area contributed by atoms with Crippen molar-refractivity contribution >= 4 is 51.3 Å². The van der Waals surface area contributed by atoms with Gasteiger partial charge < -0.3 is 20.0 Å². The van der Waals surface area contributed by atoms with Gasteiger partial charge in [0, 0.05) is 18.0 Å². The van der Waals surface area contributed by atoms with Gasteiger partial charge in [-0.1, -0.05) is 66.2 Å². The minimum absolute atomic E-state index is 0. The van der Waals surface area contributed by atoms with Crippen molar-refractivity contribution < 1.29 is 49.0 Å². The number of amides is 1. The fourth-order valence-corrected chi connectivity index (χ4v) is 4.75. The third-order valence-corrected chi connectivity index (χ3v) is 6.76. The van der Waals surface area contributed by atoms with Gasteiger partial charge in [-0.15, -0.1) is 0 Å². The molecule has 4 aromatic rings. The van der Waals surface area contributed by atoms with E-state index in [9.17, 15) is 14.7 Å². The van der Waals surface area contributed by atoms with Gasteiger partial charge in [-0.05, 0) is 70.9 Å². The van der Waals surface area contributed by atoms with Crippen molar-refractivity contribution in [3.05, 3.63) is 112 Å². The predicted molar refractivity (Wildman–Crippen MR) is 145 cm³/mol. The fourth-order valence-electron chi connectivity index (χ4n) is 3.91. The minimum Gasteiger partial charge on any atom is -0.550 e. The molecular weight excluding hydrogens is 507 g/mol. The zero-order valence-corrected chi connectivity index (χ0v) is 23.9. The monoisotopic (exact) mass is 530 g/mol. The SMILES string of the molecule is Cc1ccc(COc2cc3ccccc3cc2C=C2SC(=Nc3ccc(CC(=O)[O-])cc3)NC2=O)cc1.[Na+]. The number of aliphatic imine (C=N–C) groups is 1. The van der Waals surface area contributed by atoms with Crippen LogP contribution in [0.2, 0.25) is 0 Å². The summed E-state index contributed by atoms with van der Waals surface area (Å²) < 4.78 is 6.22. The van der Waals surface area contributed by atoms with Gasteiger partial charge in [0.2, 0.25) is 0 Å². The van der Waals surface area contributed by atoms with Gasteiger partial charge in [0.25, 0.3) is 5.91 Å². The van der Waals surface area contributed by atoms with Gasteiger partial charge in [0.05, 0.1) is 10.6 Å². The number of aliphatic carboxylic acids is 1. The number of carbonyl (C=O) groups excluding carboxylic acids is 2. The molecule has 6 nitrogen and oxygen atoms in total. The van der Waals surface area contributed by atoms with Gasteiger partial charge in [-0.2, -0.15) is 0 Å². The molecule has 1 saturated heterocycles. The smallest absolute Gasteiger partial charge is 0.550 e. The standard InChI is InChI=1S/C30H24N2O4S.Na/c1-19-6-8-21(9-7-19)18-36-26-16-23-5-3-2-4-22(23)15-24(26)17-27-29(35)32-30(37-27)31-25-12-10-20(11-13-25)14-28(33)34;/h2-13,15-17H,14,18H2,1H3,(H,33,34)(H,31,32,35);/q;+1/p-1. The van der Waals surface area contributed by atoms with Crippen LogP contribution in [0.1, 0.15) is 22.3 Å². The number of amidine groups is 1. The van der Waals surface area contributed by atoms with E-state index in [4.69, 9.17) is 4.74 Å². The number of nitrogens with zero attached hydrogens (tertiary/aromatic N) is 1. The minimum atomic E-state index is -1.14. The van der Waals surface area contributed by atoms with E-state index in [0.717, 1.165) is 21.9 Å². The van der Waals surface area contributed by atoms with Crippen molar-refractivity contribution in [3.63, 3.8) is 0 Å². The molecule has 4 aromatic carbocycles. The van der Waals surface area contributed by atoms with Crippen molar-refractivity contribution in [2.75, 3.05) is 0 Å². The number of carboxylic acids is 1. The van der Waals surface area contributed by atoms with Gasteiger partial charge in [-0.3, -0.25) is 4.79 Å². The molecular formula is C30H23N2NaO4S. The van der Waals surface area contributed by atoms with Crippen molar-refractivity contribution in [1.82, 2.24) is 5.32 Å². The van der Waals surface area contributed by atoms with Gasteiger partial charge in [0.15, 0.2) is 5.17 Å². The maximum atomic E-state index is 12.7. The van der Waals surface area contributed by atoms with Crippen LogP contribution >= 0.6 is 11.8 Å². The molecule has 0 aliphatic carbocycles. The van der Waals surface area contributed by atoms with E-state index < -0.39 is 5.97 Å². The summed E-state index contributed by atoms with van der Waals surface area (Å²) in [4.78, 5) is 28.5. The van der Waals surface area contributed by atoms with Crippen molar-refractivity contribution in [1.29, 1.82) is 0 Å². The second kappa shape index (κ2) is 12.5. The van der Waals surface area contributed by atoms with Crippen LogP contribution in [0.4, 0.5) is 5.69 Å². The second-order valence-corrected chi connectivity index (χ2v) is 9.74. The van der Waals surface area contributed by atoms with Crippen LogP contribution in [0.3, 0.4) is 0 Å². The van der Waals surface area contributed by atoms with E-state index in [-0.39, 0.29) is 41.9 Å². The number of hydrogen-bond acceptors (Lipinski definition) is 6. The third kappa shape index (κ3) is 6.94. The van der Waals surface area contributed by atoms with Crippen LogP contribution in [0.5, 0.6) is 5.75 Å². The maximum absolute atomic E-state index is 12.7. The number of fused-ring (bicyclic) bond motifs is 1. The summed E-state index contributed by atoms with van der Waals surface area (Å²) in [5.74, 6) is -0.688. The fraction of sp³-hybridized carbons (Fsp3) is 0.100. The molecule has 5 rings (SSSR count). The summed E-state index contributed by atoms with van der Waals surface area (Å²) in [5.41, 5.74) is 4.29. The number of rotatable bonds is 7. The molecule has 0 atom stereocenters. The van der Waals surface area contributed by atoms with Crippen LogP contribution in [-0.2, 0) is 22.6 Å². The van der Waals surface area contributed by atoms with E-state index in [1.165, 1.54) is 17.3 Å². The third-order valence-electron chi connectivity index (χ3n) is 5.85. The molecule has 0 bridgehead atoms. The van der Waals surface area contributed by atoms with E-state index in [0.29, 0.717) is 33.7 Å². The number of carbonyl (C=O) groups is 2. The Hall–Kier alpha value is -3.36. The van der Waals surface area contributed by atoms with Crippen LogP contribution < -0.4 is 44.7 Å². The Kier molecular flexibility index (Phi) is 9.07. The summed E-state index contributed by atoms with van der Waals surface area (Å²) in [7, 11) is 0. The van der Waals surface area contributed by atoms with E-state index in [1.807, 2.05) is 61.5 Å². The number of hydrogen-bond donors (Lipinski definition) is 1. The second-order valence-electron chi connectivity index (χ2n) is 8.71. The molecule has 8 heteroatoms. The number of ether oxygens (including phenoxy) is 1. The van der Waals surface area contributed by atoms with Crippen LogP contribution in [-0.4, -0.2) is 17.0 Å². The number of nitrogens with one attached hydrogen (secondary N) is 1. The largest absolute Gasteiger partial charge is 1.00 e. The molecule has 184 valence electrons. The van der Waals surface area contributed by atoms with E-state index >= 15 is 0 Å². The molecule has 0 spiro atoms. The summed E-state index contributed by atoms with van der Waals surface area (Å²) in [6.45, 7) is 2.46. The molecule has 1 N–H and O–H groups in total. The van der Waals surface area contributed by atoms with Gasteiger partial charge in [0.1, 0.15) is 12.4 Å². The van der Waals surface area contributed by atoms with Crippen molar-refractivity contribution in [2.24, 2.45) is 4.99 Å². The molecule has 1 aliphatic heterocycles. The normalized spacial score (nSPS) is 14.9. The summed E-state index contributed by atoms with van der Waals surface area (Å²) in [6.07, 6.45) is 1.66. The molecule has 1 fully saturated rings. The van der Waals surface area contributed by atoms with Crippen LogP contribution in [0.15, 0.2) is 94.8 Å². The number of aryl methyl sites for hydroxylation is 1. The molecule has 1 amide bonds. The molecule has 1 heterocycles. The zero-order chi connectivity index (χ0) is 25.8. The zero-order valence-electron chi connectivity index (χ0n) is 21.1.